The lowest BCUT2D eigenvalue weighted by molar-refractivity contribution is -0.144. The Labute approximate surface area is 557 Å². The van der Waals surface area contributed by atoms with Gasteiger partial charge in [-0.25, -0.2) is 4.79 Å². The molecule has 2 heterocycles. The third-order valence-corrected chi connectivity index (χ3v) is 16.6. The molecule has 0 aliphatic carbocycles. The molecule has 4 rings (SSSR count). The summed E-state index contributed by atoms with van der Waals surface area (Å²) >= 11 is 1.40. The molecule has 0 radical (unpaired) electrons. The molecule has 0 bridgehead atoms. The molecule has 0 saturated carbocycles. The Kier molecular flexibility index (Phi) is 33.9. The van der Waals surface area contributed by atoms with Crippen LogP contribution in [-0.2, 0) is 75.2 Å². The van der Waals surface area contributed by atoms with Gasteiger partial charge in [-0.15, -0.1) is 0 Å². The van der Waals surface area contributed by atoms with Gasteiger partial charge in [-0.05, 0) is 119 Å². The van der Waals surface area contributed by atoms with E-state index in [4.69, 9.17) is 34.4 Å². The van der Waals surface area contributed by atoms with Crippen molar-refractivity contribution in [3.63, 3.8) is 0 Å². The first-order valence-electron chi connectivity index (χ1n) is 32.1. The van der Waals surface area contributed by atoms with Crippen LogP contribution in [0.4, 0.5) is 0 Å². The van der Waals surface area contributed by atoms with E-state index < -0.39 is 170 Å². The number of nitrogens with zero attached hydrogens (tertiary/aromatic N) is 3. The molecule has 0 aromatic heterocycles. The van der Waals surface area contributed by atoms with Crippen LogP contribution in [0.25, 0.3) is 0 Å². The van der Waals surface area contributed by atoms with E-state index in [0.29, 0.717) is 55.4 Å². The molecule has 31 nitrogen and oxygen atoms in total. The standard InChI is InChI=1S/C63H97N17O14S/c1-37(2)33-45(56(87)76-44(62(93)94)27-32-95-3)72-52(83)36-71-53(84)46(34-38-15-6-4-7-16-38)77-57(88)47(35-39-17-8-5-9-18-39)78-55(86)41(23-25-50(66)81)73-54(85)42(24-26-51(67)82)74-58(89)49-22-14-31-80(49)61(92)43(20-10-11-28-64)75-59(90)48-21-13-30-79(48)60(91)40(65)19-12-29-70-63(68)69/h4-9,15-18,37,40-49H,10-14,19-36,64-65H2,1-3H3,(H2,66,81)(H2,67,82)(H,71,84)(H,72,83)(H,73,85)(H,74,89)(H,75,90)(H,76,87)(H,77,88)(H,78,86)(H,93,94)(H4,68,69,70)/t40-,41-,42-,43-,44+,45-,46-,47+,48-,49-/m0/s1. The fourth-order valence-electron chi connectivity index (χ4n) is 11.0. The van der Waals surface area contributed by atoms with Crippen LogP contribution >= 0.6 is 11.8 Å². The second-order valence-corrected chi connectivity index (χ2v) is 25.0. The van der Waals surface area contributed by atoms with E-state index in [-0.39, 0.29) is 83.0 Å². The van der Waals surface area contributed by atoms with Gasteiger partial charge in [-0.3, -0.25) is 62.5 Å². The van der Waals surface area contributed by atoms with Gasteiger partial charge in [0.25, 0.3) is 0 Å². The number of guanidine groups is 1. The van der Waals surface area contributed by atoms with Crippen molar-refractivity contribution in [3.8, 4) is 0 Å². The molecule has 2 aromatic carbocycles. The lowest BCUT2D eigenvalue weighted by atomic mass is 10.0. The van der Waals surface area contributed by atoms with Gasteiger partial charge in [0.15, 0.2) is 5.96 Å². The summed E-state index contributed by atoms with van der Waals surface area (Å²) < 4.78 is 0. The Morgan fingerprint density at radius 1 is 0.558 bits per heavy atom. The van der Waals surface area contributed by atoms with Crippen LogP contribution in [0, 0.1) is 5.92 Å². The molecule has 32 heteroatoms. The minimum atomic E-state index is -1.65. The molecular weight excluding hydrogens is 1250 g/mol. The summed E-state index contributed by atoms with van der Waals surface area (Å²) in [5, 5.41) is 30.6. The smallest absolute Gasteiger partial charge is 0.326 e. The zero-order valence-electron chi connectivity index (χ0n) is 54.4. The van der Waals surface area contributed by atoms with Gasteiger partial charge in [0.1, 0.15) is 54.4 Å². The number of aliphatic imine (C=N–C) groups is 1. The summed E-state index contributed by atoms with van der Waals surface area (Å²) in [6.45, 7) is 3.78. The van der Waals surface area contributed by atoms with Gasteiger partial charge in [-0.1, -0.05) is 74.5 Å². The fraction of sp³-hybridized carbons (Fsp3) is 0.587. The zero-order chi connectivity index (χ0) is 70.1. The van der Waals surface area contributed by atoms with Crippen LogP contribution in [0.2, 0.25) is 0 Å². The Balaban J connectivity index is 1.56. The van der Waals surface area contributed by atoms with Gasteiger partial charge < -0.3 is 91.8 Å². The van der Waals surface area contributed by atoms with Crippen molar-refractivity contribution in [2.45, 2.75) is 183 Å². The zero-order valence-corrected chi connectivity index (χ0v) is 55.2. The molecule has 2 aliphatic heterocycles. The first kappa shape index (κ1) is 78.5. The summed E-state index contributed by atoms with van der Waals surface area (Å²) in [6.07, 6.45) is 2.86. The maximum Gasteiger partial charge on any atom is 0.326 e. The Bertz CT molecular complexity index is 2960. The predicted molar refractivity (Wildman–Crippen MR) is 354 cm³/mol. The van der Waals surface area contributed by atoms with Crippen molar-refractivity contribution in [3.05, 3.63) is 71.8 Å². The van der Waals surface area contributed by atoms with Crippen LogP contribution in [-0.4, -0.2) is 203 Å². The third-order valence-electron chi connectivity index (χ3n) is 16.0. The number of hydrogen-bond donors (Lipinski definition) is 15. The number of amides is 12. The SMILES string of the molecule is CSCC[C@@H](NC(=O)[C@H](CC(C)C)NC(=O)CNC(=O)[C@H](Cc1ccccc1)NC(=O)[C@@H](Cc1ccccc1)NC(=O)[C@H](CCC(N)=O)NC(=O)[C@H](CCC(N)=O)NC(=O)[C@@H]1CCCN1C(=O)[C@H](CCCCN)NC(=O)[C@@H]1CCCN1C(=O)[C@@H](N)CCCN=C(N)N)C(=O)O. The second kappa shape index (κ2) is 41.0. The summed E-state index contributed by atoms with van der Waals surface area (Å²) in [5.41, 5.74) is 35.0. The molecule has 21 N–H and O–H groups in total. The number of benzene rings is 2. The number of carboxylic acid groups (broad SMARTS) is 1. The Morgan fingerprint density at radius 2 is 1.03 bits per heavy atom. The van der Waals surface area contributed by atoms with Crippen LogP contribution in [0.3, 0.4) is 0 Å². The van der Waals surface area contributed by atoms with Crippen LogP contribution in [0.5, 0.6) is 0 Å². The van der Waals surface area contributed by atoms with E-state index in [9.17, 15) is 67.4 Å². The number of carbonyl (C=O) groups excluding carboxylic acids is 12. The van der Waals surface area contributed by atoms with E-state index in [2.05, 4.69) is 47.5 Å². The topological polar surface area (TPSA) is 513 Å². The average molecular weight is 1350 g/mol. The molecule has 95 heavy (non-hydrogen) atoms. The van der Waals surface area contributed by atoms with Gasteiger partial charge in [0.2, 0.25) is 70.9 Å². The Morgan fingerprint density at radius 3 is 1.53 bits per heavy atom. The molecule has 2 saturated heterocycles. The van der Waals surface area contributed by atoms with Gasteiger partial charge in [-0.2, -0.15) is 11.8 Å². The lowest BCUT2D eigenvalue weighted by Gasteiger charge is -2.32. The number of thioether (sulfide) groups is 1. The maximum atomic E-state index is 14.7. The molecule has 0 unspecified atom stereocenters. The van der Waals surface area contributed by atoms with Gasteiger partial charge in [0, 0.05) is 45.3 Å². The highest BCUT2D eigenvalue weighted by Gasteiger charge is 2.42. The third kappa shape index (κ3) is 27.5. The highest BCUT2D eigenvalue weighted by atomic mass is 32.2. The van der Waals surface area contributed by atoms with E-state index in [1.807, 2.05) is 0 Å². The molecule has 2 aromatic rings. The predicted octanol–water partition coefficient (Wildman–Crippen LogP) is -3.11. The molecule has 2 aliphatic rings. The van der Waals surface area contributed by atoms with E-state index >= 15 is 0 Å². The minimum Gasteiger partial charge on any atom is -0.480 e. The molecule has 10 atom stereocenters. The van der Waals surface area contributed by atoms with Crippen molar-refractivity contribution in [2.75, 3.05) is 44.7 Å². The monoisotopic (exact) mass is 1350 g/mol. The van der Waals surface area contributed by atoms with E-state index in [1.54, 1.807) is 80.8 Å². The number of primary amides is 2. The van der Waals surface area contributed by atoms with Gasteiger partial charge >= 0.3 is 5.97 Å². The number of carboxylic acids is 1. The average Bonchev–Trinajstić information content (AvgIpc) is 1.74. The van der Waals surface area contributed by atoms with E-state index in [1.165, 1.54) is 21.6 Å². The molecular formula is C63H97N17O14S. The minimum absolute atomic E-state index is 0.0706. The fourth-order valence-corrected chi connectivity index (χ4v) is 11.5. The lowest BCUT2D eigenvalue weighted by Crippen LogP contribution is -2.60. The Hall–Kier alpha value is -8.91. The van der Waals surface area contributed by atoms with Crippen molar-refractivity contribution < 1.29 is 67.4 Å². The summed E-state index contributed by atoms with van der Waals surface area (Å²) in [5.74, 6) is -10.6. The normalized spacial score (nSPS) is 16.8. The first-order valence-corrected chi connectivity index (χ1v) is 33.5. The molecule has 12 amide bonds. The number of hydrogen-bond acceptors (Lipinski definition) is 17. The maximum absolute atomic E-state index is 14.7. The molecule has 524 valence electrons. The summed E-state index contributed by atoms with van der Waals surface area (Å²) in [4.78, 5) is 184. The molecule has 2 fully saturated rings. The van der Waals surface area contributed by atoms with Crippen LogP contribution < -0.4 is 76.9 Å². The highest BCUT2D eigenvalue weighted by molar-refractivity contribution is 7.98. The number of unbranched alkanes of at least 4 members (excludes halogenated alkanes) is 1. The van der Waals surface area contributed by atoms with Crippen molar-refractivity contribution in [1.82, 2.24) is 52.3 Å². The molecule has 0 spiro atoms. The van der Waals surface area contributed by atoms with Crippen molar-refractivity contribution >= 4 is 94.6 Å². The van der Waals surface area contributed by atoms with Gasteiger partial charge in [0.05, 0.1) is 12.6 Å². The van der Waals surface area contributed by atoms with Crippen LogP contribution in [0.1, 0.15) is 121 Å². The first-order chi connectivity index (χ1) is 45.2. The van der Waals surface area contributed by atoms with Crippen molar-refractivity contribution in [2.24, 2.45) is 45.3 Å². The second-order valence-electron chi connectivity index (χ2n) is 24.1. The summed E-state index contributed by atoms with van der Waals surface area (Å²) in [6, 6.07) is 4.12. The quantitative estimate of drug-likeness (QED) is 0.0178. The van der Waals surface area contributed by atoms with Crippen molar-refractivity contribution in [1.29, 1.82) is 0 Å². The number of rotatable bonds is 42. The number of likely N-dealkylation sites (tertiary alicyclic amines) is 2. The summed E-state index contributed by atoms with van der Waals surface area (Å²) in [7, 11) is 0. The number of aliphatic carboxylic acids is 1. The largest absolute Gasteiger partial charge is 0.480 e. The highest BCUT2D eigenvalue weighted by Crippen LogP contribution is 2.24. The number of nitrogens with two attached hydrogens (primary N) is 6. The van der Waals surface area contributed by atoms with Crippen LogP contribution in [0.15, 0.2) is 65.7 Å². The number of carbonyl (C=O) groups is 13. The number of nitrogens with one attached hydrogen (secondary N) is 8. The van der Waals surface area contributed by atoms with E-state index in [0.717, 1.165) is 0 Å².